The fourth-order valence-corrected chi connectivity index (χ4v) is 3.79. The second-order valence-corrected chi connectivity index (χ2v) is 7.84. The highest BCUT2D eigenvalue weighted by molar-refractivity contribution is 6.11. The molecule has 4 aromatic rings. The maximum Gasteiger partial charge on any atom is 0.416 e. The number of nitrogen functional groups attached to an aromatic ring is 1. The number of hydrogen-bond donors (Lipinski definition) is 2. The van der Waals surface area contributed by atoms with Crippen molar-refractivity contribution in [2.24, 2.45) is 0 Å². The molecule has 0 fully saturated rings. The Morgan fingerprint density at radius 3 is 2.30 bits per heavy atom. The molecule has 0 bridgehead atoms. The molecule has 0 unspecified atom stereocenters. The number of nitrogens with zero attached hydrogens (tertiary/aromatic N) is 3. The number of halogens is 3. The maximum absolute atomic E-state index is 13.1. The van der Waals surface area contributed by atoms with Gasteiger partial charge in [0.25, 0.3) is 5.91 Å². The van der Waals surface area contributed by atoms with Gasteiger partial charge in [0.05, 0.1) is 16.6 Å². The second-order valence-electron chi connectivity index (χ2n) is 7.84. The van der Waals surface area contributed by atoms with Gasteiger partial charge in [0.15, 0.2) is 5.65 Å². The molecule has 9 heteroatoms. The van der Waals surface area contributed by atoms with E-state index in [0.29, 0.717) is 34.4 Å². The molecule has 0 aliphatic rings. The summed E-state index contributed by atoms with van der Waals surface area (Å²) >= 11 is 0. The Morgan fingerprint density at radius 2 is 1.67 bits per heavy atom. The summed E-state index contributed by atoms with van der Waals surface area (Å²) in [6.07, 6.45) is -0.440. The van der Waals surface area contributed by atoms with Crippen LogP contribution in [0.3, 0.4) is 0 Å². The number of nitrogens with two attached hydrogens (primary N) is 1. The summed E-state index contributed by atoms with van der Waals surface area (Å²) in [5.41, 5.74) is 7.92. The van der Waals surface area contributed by atoms with E-state index in [1.54, 1.807) is 12.1 Å². The van der Waals surface area contributed by atoms with Crippen LogP contribution in [0, 0.1) is 0 Å². The lowest BCUT2D eigenvalue weighted by Crippen LogP contribution is -2.25. The first kappa shape index (κ1) is 22.6. The average Bonchev–Trinajstić information content (AvgIpc) is 3.07. The van der Waals surface area contributed by atoms with E-state index in [-0.39, 0.29) is 17.3 Å². The molecule has 1 amide bonds. The van der Waals surface area contributed by atoms with E-state index in [1.807, 2.05) is 12.1 Å². The molecular weight excluding hydrogens is 431 g/mol. The van der Waals surface area contributed by atoms with Crippen LogP contribution in [-0.2, 0) is 6.18 Å². The number of fused-ring (bicyclic) bond motifs is 2. The number of carbonyl (C=O) groups is 1. The Kier molecular flexibility index (Phi) is 6.22. The summed E-state index contributed by atoms with van der Waals surface area (Å²) in [4.78, 5) is 22.3. The number of amides is 1. The standard InChI is InChI=1S/C24H24F3N5O/c1-2-3-4-7-14-29-23(33)19-20-22(31-18-9-6-5-8-17(18)30-20)32(21(19)28)16-12-10-15(11-13-16)24(25,26)27/h5-6,8-13H,2-4,7,14,28H2,1H3,(H,29,33). The van der Waals surface area contributed by atoms with Gasteiger partial charge in [-0.1, -0.05) is 38.3 Å². The van der Waals surface area contributed by atoms with Crippen molar-refractivity contribution in [2.75, 3.05) is 12.3 Å². The summed E-state index contributed by atoms with van der Waals surface area (Å²) in [5, 5.41) is 2.88. The molecule has 0 aliphatic heterocycles. The van der Waals surface area contributed by atoms with Crippen LogP contribution in [0.1, 0.15) is 48.5 Å². The highest BCUT2D eigenvalue weighted by Crippen LogP contribution is 2.33. The van der Waals surface area contributed by atoms with Crippen molar-refractivity contribution in [3.8, 4) is 5.69 Å². The first-order chi connectivity index (χ1) is 15.8. The summed E-state index contributed by atoms with van der Waals surface area (Å²) in [6.45, 7) is 2.60. The Labute approximate surface area is 188 Å². The van der Waals surface area contributed by atoms with Gasteiger partial charge in [0.1, 0.15) is 16.9 Å². The normalized spacial score (nSPS) is 11.9. The summed E-state index contributed by atoms with van der Waals surface area (Å²) in [7, 11) is 0. The number of anilines is 1. The van der Waals surface area contributed by atoms with Crippen LogP contribution >= 0.6 is 0 Å². The highest BCUT2D eigenvalue weighted by Gasteiger charge is 2.30. The molecule has 0 spiro atoms. The smallest absolute Gasteiger partial charge is 0.384 e. The maximum atomic E-state index is 13.1. The molecule has 0 atom stereocenters. The second kappa shape index (κ2) is 9.09. The number of aromatic nitrogens is 3. The predicted molar refractivity (Wildman–Crippen MR) is 122 cm³/mol. The number of hydrogen-bond acceptors (Lipinski definition) is 4. The van der Waals surface area contributed by atoms with Crippen molar-refractivity contribution in [3.05, 3.63) is 59.7 Å². The molecular formula is C24H24F3N5O. The van der Waals surface area contributed by atoms with Crippen LogP contribution in [0.25, 0.3) is 27.9 Å². The Balaban J connectivity index is 1.82. The minimum atomic E-state index is -4.46. The third kappa shape index (κ3) is 4.48. The van der Waals surface area contributed by atoms with Gasteiger partial charge >= 0.3 is 6.18 Å². The molecule has 172 valence electrons. The van der Waals surface area contributed by atoms with Crippen molar-refractivity contribution in [2.45, 2.75) is 38.8 Å². The van der Waals surface area contributed by atoms with Crippen LogP contribution in [0.2, 0.25) is 0 Å². The molecule has 4 rings (SSSR count). The van der Waals surface area contributed by atoms with Crippen LogP contribution in [0.5, 0.6) is 0 Å². The number of unbranched alkanes of at least 4 members (excludes halogenated alkanes) is 3. The molecule has 0 aliphatic carbocycles. The van der Waals surface area contributed by atoms with Crippen molar-refractivity contribution >= 4 is 33.9 Å². The van der Waals surface area contributed by atoms with Gasteiger partial charge in [-0.15, -0.1) is 0 Å². The zero-order chi connectivity index (χ0) is 23.6. The monoisotopic (exact) mass is 455 g/mol. The summed E-state index contributed by atoms with van der Waals surface area (Å²) in [6, 6.07) is 11.7. The first-order valence-electron chi connectivity index (χ1n) is 10.8. The lowest BCUT2D eigenvalue weighted by Gasteiger charge is -2.11. The summed E-state index contributed by atoms with van der Waals surface area (Å²) in [5.74, 6) is -0.310. The fraction of sp³-hybridized carbons (Fsp3) is 0.292. The van der Waals surface area contributed by atoms with Crippen molar-refractivity contribution in [3.63, 3.8) is 0 Å². The average molecular weight is 455 g/mol. The topological polar surface area (TPSA) is 85.8 Å². The SMILES string of the molecule is CCCCCCNC(=O)c1c(N)n(-c2ccc(C(F)(F)F)cc2)c2nc3ccccc3nc12. The largest absolute Gasteiger partial charge is 0.416 e. The molecule has 2 aromatic heterocycles. The number of nitrogens with one attached hydrogen (secondary N) is 1. The van der Waals surface area contributed by atoms with Crippen LogP contribution in [0.4, 0.5) is 19.0 Å². The summed E-state index contributed by atoms with van der Waals surface area (Å²) < 4.78 is 40.6. The fourth-order valence-electron chi connectivity index (χ4n) is 3.79. The van der Waals surface area contributed by atoms with Gasteiger partial charge in [-0.05, 0) is 42.8 Å². The molecule has 2 heterocycles. The number of para-hydroxylation sites is 2. The van der Waals surface area contributed by atoms with Crippen molar-refractivity contribution < 1.29 is 18.0 Å². The van der Waals surface area contributed by atoms with Gasteiger partial charge < -0.3 is 11.1 Å². The number of rotatable bonds is 7. The van der Waals surface area contributed by atoms with Crippen molar-refractivity contribution in [1.82, 2.24) is 19.9 Å². The lowest BCUT2D eigenvalue weighted by atomic mass is 10.2. The Morgan fingerprint density at radius 1 is 1.00 bits per heavy atom. The molecule has 33 heavy (non-hydrogen) atoms. The zero-order valence-corrected chi connectivity index (χ0v) is 18.1. The number of carbonyl (C=O) groups excluding carboxylic acids is 1. The Hall–Kier alpha value is -3.62. The molecule has 0 saturated heterocycles. The van der Waals surface area contributed by atoms with Gasteiger partial charge in [-0.25, -0.2) is 9.97 Å². The van der Waals surface area contributed by atoms with Gasteiger partial charge in [-0.2, -0.15) is 13.2 Å². The number of benzene rings is 2. The minimum Gasteiger partial charge on any atom is -0.384 e. The van der Waals surface area contributed by atoms with E-state index in [2.05, 4.69) is 22.2 Å². The zero-order valence-electron chi connectivity index (χ0n) is 18.1. The quantitative estimate of drug-likeness (QED) is 0.361. The van der Waals surface area contributed by atoms with E-state index < -0.39 is 11.7 Å². The molecule has 0 saturated carbocycles. The van der Waals surface area contributed by atoms with E-state index in [4.69, 9.17) is 5.73 Å². The van der Waals surface area contributed by atoms with Crippen LogP contribution < -0.4 is 11.1 Å². The van der Waals surface area contributed by atoms with E-state index in [9.17, 15) is 18.0 Å². The van der Waals surface area contributed by atoms with Crippen LogP contribution in [0.15, 0.2) is 48.5 Å². The predicted octanol–water partition coefficient (Wildman–Crippen LogP) is 5.48. The van der Waals surface area contributed by atoms with E-state index >= 15 is 0 Å². The molecule has 3 N–H and O–H groups in total. The minimum absolute atomic E-state index is 0.0751. The molecule has 2 aromatic carbocycles. The van der Waals surface area contributed by atoms with Gasteiger partial charge in [0.2, 0.25) is 0 Å². The first-order valence-corrected chi connectivity index (χ1v) is 10.8. The van der Waals surface area contributed by atoms with Gasteiger partial charge in [-0.3, -0.25) is 9.36 Å². The molecule has 0 radical (unpaired) electrons. The van der Waals surface area contributed by atoms with Gasteiger partial charge in [0, 0.05) is 12.2 Å². The van der Waals surface area contributed by atoms with E-state index in [1.165, 1.54) is 16.7 Å². The van der Waals surface area contributed by atoms with Crippen LogP contribution in [-0.4, -0.2) is 27.0 Å². The third-order valence-electron chi connectivity index (χ3n) is 5.49. The Bertz CT molecular complexity index is 1300. The van der Waals surface area contributed by atoms with Crippen molar-refractivity contribution in [1.29, 1.82) is 0 Å². The lowest BCUT2D eigenvalue weighted by molar-refractivity contribution is -0.137. The highest BCUT2D eigenvalue weighted by atomic mass is 19.4. The molecule has 6 nitrogen and oxygen atoms in total. The third-order valence-corrected chi connectivity index (χ3v) is 5.49. The van der Waals surface area contributed by atoms with E-state index in [0.717, 1.165) is 37.8 Å². The number of alkyl halides is 3.